The highest BCUT2D eigenvalue weighted by Crippen LogP contribution is 2.08. The normalized spacial score (nSPS) is 24.2. The molecule has 1 amide bonds. The van der Waals surface area contributed by atoms with Crippen molar-refractivity contribution in [1.29, 1.82) is 0 Å². The maximum Gasteiger partial charge on any atom is 0.238 e. The standard InChI is InChI=1S/C7H14N2O2S2/c1-13(11)3-2-8-7(10)6-4-12-5-9-6/h6,9H,2-5H2,1H3,(H,8,10). The molecule has 0 saturated carbocycles. The second kappa shape index (κ2) is 5.62. The smallest absolute Gasteiger partial charge is 0.238 e. The van der Waals surface area contributed by atoms with Gasteiger partial charge in [-0.05, 0) is 0 Å². The Hall–Kier alpha value is -0.0700. The fourth-order valence-electron chi connectivity index (χ4n) is 1.00. The van der Waals surface area contributed by atoms with Crippen LogP contribution in [0.2, 0.25) is 0 Å². The summed E-state index contributed by atoms with van der Waals surface area (Å²) in [4.78, 5) is 11.3. The SMILES string of the molecule is CS(=O)CCNC(=O)C1CSCN1. The first-order valence-corrected chi connectivity index (χ1v) is 6.97. The van der Waals surface area contributed by atoms with Crippen LogP contribution in [0.1, 0.15) is 0 Å². The first-order chi connectivity index (χ1) is 6.20. The average Bonchev–Trinajstić information content (AvgIpc) is 2.55. The third-order valence-electron chi connectivity index (χ3n) is 1.72. The lowest BCUT2D eigenvalue weighted by molar-refractivity contribution is -0.122. The zero-order chi connectivity index (χ0) is 9.68. The van der Waals surface area contributed by atoms with E-state index in [2.05, 4.69) is 10.6 Å². The molecule has 0 radical (unpaired) electrons. The minimum absolute atomic E-state index is 0.0236. The molecule has 1 fully saturated rings. The fourth-order valence-corrected chi connectivity index (χ4v) is 2.34. The summed E-state index contributed by atoms with van der Waals surface area (Å²) in [7, 11) is -0.824. The lowest BCUT2D eigenvalue weighted by Gasteiger charge is -2.09. The quantitative estimate of drug-likeness (QED) is 0.650. The maximum atomic E-state index is 11.3. The van der Waals surface area contributed by atoms with E-state index in [9.17, 15) is 9.00 Å². The van der Waals surface area contributed by atoms with Crippen molar-refractivity contribution >= 4 is 28.5 Å². The van der Waals surface area contributed by atoms with Gasteiger partial charge in [-0.25, -0.2) is 0 Å². The number of carbonyl (C=O) groups excluding carboxylic acids is 1. The molecule has 2 unspecified atom stereocenters. The van der Waals surface area contributed by atoms with Crippen LogP contribution in [0.25, 0.3) is 0 Å². The highest BCUT2D eigenvalue weighted by molar-refractivity contribution is 7.99. The number of hydrogen-bond donors (Lipinski definition) is 2. The van der Waals surface area contributed by atoms with E-state index in [1.165, 1.54) is 0 Å². The van der Waals surface area contributed by atoms with Crippen LogP contribution < -0.4 is 10.6 Å². The van der Waals surface area contributed by atoms with Crippen LogP contribution in [0.4, 0.5) is 0 Å². The number of thioether (sulfide) groups is 1. The first-order valence-electron chi connectivity index (χ1n) is 4.09. The fraction of sp³-hybridized carbons (Fsp3) is 0.857. The lowest BCUT2D eigenvalue weighted by atomic mass is 10.3. The Morgan fingerprint density at radius 1 is 1.77 bits per heavy atom. The van der Waals surface area contributed by atoms with E-state index in [4.69, 9.17) is 0 Å². The van der Waals surface area contributed by atoms with Gasteiger partial charge in [0.2, 0.25) is 5.91 Å². The molecule has 2 atom stereocenters. The number of nitrogens with one attached hydrogen (secondary N) is 2. The van der Waals surface area contributed by atoms with Crippen LogP contribution in [0.3, 0.4) is 0 Å². The molecule has 4 nitrogen and oxygen atoms in total. The Labute approximate surface area is 84.7 Å². The summed E-state index contributed by atoms with van der Waals surface area (Å²) in [6.45, 7) is 0.505. The molecule has 0 aromatic rings. The Bertz CT molecular complexity index is 205. The van der Waals surface area contributed by atoms with Crippen molar-refractivity contribution in [3.8, 4) is 0 Å². The minimum atomic E-state index is -0.824. The monoisotopic (exact) mass is 222 g/mol. The topological polar surface area (TPSA) is 58.2 Å². The average molecular weight is 222 g/mol. The van der Waals surface area contributed by atoms with Crippen LogP contribution in [0, 0.1) is 0 Å². The predicted molar refractivity (Wildman–Crippen MR) is 56.2 cm³/mol. The zero-order valence-corrected chi connectivity index (χ0v) is 9.17. The molecule has 0 aromatic carbocycles. The highest BCUT2D eigenvalue weighted by atomic mass is 32.2. The van der Waals surface area contributed by atoms with Crippen molar-refractivity contribution in [2.24, 2.45) is 0 Å². The largest absolute Gasteiger partial charge is 0.354 e. The van der Waals surface area contributed by atoms with Crippen LogP contribution in [-0.4, -0.2) is 46.3 Å². The number of hydrogen-bond acceptors (Lipinski definition) is 4. The molecule has 1 heterocycles. The summed E-state index contributed by atoms with van der Waals surface area (Å²) in [6, 6.07) is -0.0599. The third kappa shape index (κ3) is 4.10. The van der Waals surface area contributed by atoms with E-state index in [1.807, 2.05) is 0 Å². The van der Waals surface area contributed by atoms with Crippen molar-refractivity contribution in [2.75, 3.05) is 30.2 Å². The molecule has 0 bridgehead atoms. The molecule has 13 heavy (non-hydrogen) atoms. The molecule has 0 aromatic heterocycles. The molecule has 6 heteroatoms. The summed E-state index contributed by atoms with van der Waals surface area (Å²) < 4.78 is 10.7. The summed E-state index contributed by atoms with van der Waals surface area (Å²) in [5.74, 6) is 2.24. The van der Waals surface area contributed by atoms with Gasteiger partial charge in [0.1, 0.15) is 0 Å². The number of amides is 1. The van der Waals surface area contributed by atoms with E-state index in [-0.39, 0.29) is 11.9 Å². The lowest BCUT2D eigenvalue weighted by Crippen LogP contribution is -2.43. The molecule has 0 aliphatic carbocycles. The minimum Gasteiger partial charge on any atom is -0.354 e. The van der Waals surface area contributed by atoms with Gasteiger partial charge < -0.3 is 5.32 Å². The van der Waals surface area contributed by atoms with Crippen molar-refractivity contribution < 1.29 is 9.00 Å². The molecule has 2 N–H and O–H groups in total. The predicted octanol–water partition coefficient (Wildman–Crippen LogP) is -0.856. The van der Waals surface area contributed by atoms with Crippen LogP contribution in [-0.2, 0) is 15.6 Å². The molecule has 1 saturated heterocycles. The van der Waals surface area contributed by atoms with Crippen molar-refractivity contribution in [2.45, 2.75) is 6.04 Å². The van der Waals surface area contributed by atoms with Gasteiger partial charge in [0.15, 0.2) is 0 Å². The van der Waals surface area contributed by atoms with Crippen molar-refractivity contribution in [3.05, 3.63) is 0 Å². The number of carbonyl (C=O) groups is 1. The summed E-state index contributed by atoms with van der Waals surface area (Å²) >= 11 is 1.72. The van der Waals surface area contributed by atoms with Gasteiger partial charge in [-0.1, -0.05) is 0 Å². The molecular weight excluding hydrogens is 208 g/mol. The number of rotatable bonds is 4. The molecular formula is C7H14N2O2S2. The van der Waals surface area contributed by atoms with Gasteiger partial charge in [0.05, 0.1) is 6.04 Å². The molecule has 1 aliphatic rings. The summed E-state index contributed by atoms with van der Waals surface area (Å²) in [6.07, 6.45) is 1.63. The van der Waals surface area contributed by atoms with E-state index in [0.717, 1.165) is 11.6 Å². The van der Waals surface area contributed by atoms with E-state index >= 15 is 0 Å². The third-order valence-corrected chi connectivity index (χ3v) is 3.44. The van der Waals surface area contributed by atoms with Crippen LogP contribution in [0.5, 0.6) is 0 Å². The van der Waals surface area contributed by atoms with Gasteiger partial charge in [0.25, 0.3) is 0 Å². The van der Waals surface area contributed by atoms with Crippen molar-refractivity contribution in [1.82, 2.24) is 10.6 Å². The summed E-state index contributed by atoms with van der Waals surface area (Å²) in [5.41, 5.74) is 0. The van der Waals surface area contributed by atoms with Crippen LogP contribution >= 0.6 is 11.8 Å². The Morgan fingerprint density at radius 2 is 2.54 bits per heavy atom. The molecule has 76 valence electrons. The van der Waals surface area contributed by atoms with Gasteiger partial charge >= 0.3 is 0 Å². The van der Waals surface area contributed by atoms with Gasteiger partial charge in [0, 0.05) is 41.0 Å². The Morgan fingerprint density at radius 3 is 3.08 bits per heavy atom. The molecule has 1 rings (SSSR count). The summed E-state index contributed by atoms with van der Waals surface area (Å²) in [5, 5.41) is 5.82. The second-order valence-corrected chi connectivity index (χ2v) is 5.43. The van der Waals surface area contributed by atoms with Gasteiger partial charge in [-0.15, -0.1) is 11.8 Å². The van der Waals surface area contributed by atoms with Crippen LogP contribution in [0.15, 0.2) is 0 Å². The van der Waals surface area contributed by atoms with Gasteiger partial charge in [-0.2, -0.15) is 0 Å². The molecule has 0 spiro atoms. The second-order valence-electron chi connectivity index (χ2n) is 2.84. The van der Waals surface area contributed by atoms with Crippen molar-refractivity contribution in [3.63, 3.8) is 0 Å². The van der Waals surface area contributed by atoms with E-state index in [0.29, 0.717) is 12.3 Å². The zero-order valence-electron chi connectivity index (χ0n) is 7.54. The van der Waals surface area contributed by atoms with Gasteiger partial charge in [-0.3, -0.25) is 14.3 Å². The first kappa shape index (κ1) is 11.0. The molecule has 1 aliphatic heterocycles. The Kier molecular flexibility index (Phi) is 4.76. The maximum absolute atomic E-state index is 11.3. The van der Waals surface area contributed by atoms with E-state index < -0.39 is 10.8 Å². The Balaban J connectivity index is 2.13. The highest BCUT2D eigenvalue weighted by Gasteiger charge is 2.21. The van der Waals surface area contributed by atoms with E-state index in [1.54, 1.807) is 18.0 Å².